The molecule has 2 aliphatic rings. The van der Waals surface area contributed by atoms with Crippen LogP contribution in [0.3, 0.4) is 0 Å². The highest BCUT2D eigenvalue weighted by atomic mass is 32.1. The fourth-order valence-electron chi connectivity index (χ4n) is 3.52. The zero-order valence-corrected chi connectivity index (χ0v) is 16.8. The third-order valence-corrected chi connectivity index (χ3v) is 5.93. The summed E-state index contributed by atoms with van der Waals surface area (Å²) >= 11 is 1.84. The molecule has 0 spiro atoms. The maximum atomic E-state index is 5.40. The lowest BCUT2D eigenvalue weighted by molar-refractivity contribution is 0.0377. The van der Waals surface area contributed by atoms with Gasteiger partial charge in [-0.2, -0.15) is 0 Å². The van der Waals surface area contributed by atoms with Gasteiger partial charge >= 0.3 is 0 Å². The Morgan fingerprint density at radius 1 is 1.27 bits per heavy atom. The van der Waals surface area contributed by atoms with E-state index in [0.29, 0.717) is 6.04 Å². The van der Waals surface area contributed by atoms with Crippen molar-refractivity contribution < 1.29 is 4.74 Å². The number of guanidine groups is 1. The number of nitrogens with one attached hydrogen (secondary N) is 2. The molecular weight excluding hydrogens is 346 g/mol. The molecule has 2 saturated heterocycles. The van der Waals surface area contributed by atoms with E-state index in [0.717, 1.165) is 84.2 Å². The summed E-state index contributed by atoms with van der Waals surface area (Å²) in [5, 5.41) is 10.6. The first-order valence-electron chi connectivity index (χ1n) is 9.98. The molecule has 2 N–H and O–H groups in total. The molecule has 0 unspecified atom stereocenters. The highest BCUT2D eigenvalue weighted by Gasteiger charge is 2.20. The van der Waals surface area contributed by atoms with Gasteiger partial charge in [-0.15, -0.1) is 11.3 Å². The maximum Gasteiger partial charge on any atom is 0.191 e. The second-order valence-corrected chi connectivity index (χ2v) is 7.85. The summed E-state index contributed by atoms with van der Waals surface area (Å²) in [6.45, 7) is 11.1. The van der Waals surface area contributed by atoms with Gasteiger partial charge in [0.2, 0.25) is 0 Å². The summed E-state index contributed by atoms with van der Waals surface area (Å²) in [6, 6.07) is 4.87. The van der Waals surface area contributed by atoms with E-state index in [9.17, 15) is 0 Å². The zero-order chi connectivity index (χ0) is 18.0. The molecule has 3 rings (SSSR count). The van der Waals surface area contributed by atoms with E-state index in [4.69, 9.17) is 9.73 Å². The van der Waals surface area contributed by atoms with Crippen molar-refractivity contribution in [1.82, 2.24) is 15.5 Å². The Kier molecular flexibility index (Phi) is 8.04. The monoisotopic (exact) mass is 379 g/mol. The van der Waals surface area contributed by atoms with Gasteiger partial charge in [-0.1, -0.05) is 0 Å². The number of piperidine rings is 1. The van der Waals surface area contributed by atoms with Crippen molar-refractivity contribution in [2.45, 2.75) is 32.2 Å². The minimum Gasteiger partial charge on any atom is -0.379 e. The van der Waals surface area contributed by atoms with Crippen LogP contribution in [0.1, 0.15) is 26.2 Å². The number of nitrogens with zero attached hydrogens (tertiary/aromatic N) is 3. The predicted octanol–water partition coefficient (Wildman–Crippen LogP) is 1.99. The number of rotatable bonds is 7. The first-order valence-corrected chi connectivity index (χ1v) is 10.9. The van der Waals surface area contributed by atoms with E-state index in [-0.39, 0.29) is 0 Å². The van der Waals surface area contributed by atoms with Crippen molar-refractivity contribution in [3.63, 3.8) is 0 Å². The van der Waals surface area contributed by atoms with Crippen LogP contribution in [-0.4, -0.2) is 75.9 Å². The van der Waals surface area contributed by atoms with Crippen LogP contribution >= 0.6 is 11.3 Å². The third kappa shape index (κ3) is 6.14. The van der Waals surface area contributed by atoms with E-state index in [2.05, 4.69) is 44.9 Å². The summed E-state index contributed by atoms with van der Waals surface area (Å²) < 4.78 is 5.40. The molecule has 1 aromatic rings. The topological polar surface area (TPSA) is 52.1 Å². The molecule has 3 heterocycles. The number of hydrogen-bond donors (Lipinski definition) is 2. The normalized spacial score (nSPS) is 20.3. The predicted molar refractivity (Wildman–Crippen MR) is 111 cm³/mol. The van der Waals surface area contributed by atoms with Crippen LogP contribution in [0.5, 0.6) is 0 Å². The Morgan fingerprint density at radius 2 is 2.08 bits per heavy atom. The van der Waals surface area contributed by atoms with Crippen molar-refractivity contribution in [3.8, 4) is 0 Å². The van der Waals surface area contributed by atoms with Crippen LogP contribution in [0, 0.1) is 0 Å². The molecule has 7 heteroatoms. The van der Waals surface area contributed by atoms with Crippen LogP contribution in [0.25, 0.3) is 0 Å². The molecular formula is C19H33N5OS. The zero-order valence-electron chi connectivity index (χ0n) is 16.0. The molecule has 26 heavy (non-hydrogen) atoms. The molecule has 1 aromatic heterocycles. The van der Waals surface area contributed by atoms with Gasteiger partial charge in [0.1, 0.15) is 0 Å². The average molecular weight is 380 g/mol. The van der Waals surface area contributed by atoms with Gasteiger partial charge in [0, 0.05) is 51.9 Å². The molecule has 0 aliphatic carbocycles. The van der Waals surface area contributed by atoms with Gasteiger partial charge in [0.25, 0.3) is 0 Å². The van der Waals surface area contributed by atoms with Crippen LogP contribution in [0.4, 0.5) is 5.00 Å². The molecule has 2 aliphatic heterocycles. The van der Waals surface area contributed by atoms with Gasteiger partial charge in [-0.05, 0) is 43.7 Å². The number of morpholine rings is 1. The minimum absolute atomic E-state index is 0.517. The third-order valence-electron chi connectivity index (χ3n) is 5.00. The Balaban J connectivity index is 1.38. The number of aliphatic imine (C=N–C) groups is 1. The van der Waals surface area contributed by atoms with Gasteiger partial charge in [-0.25, -0.2) is 0 Å². The summed E-state index contributed by atoms with van der Waals surface area (Å²) in [7, 11) is 0. The smallest absolute Gasteiger partial charge is 0.191 e. The van der Waals surface area contributed by atoms with E-state index < -0.39 is 0 Å². The van der Waals surface area contributed by atoms with Gasteiger partial charge in [0.05, 0.1) is 18.2 Å². The van der Waals surface area contributed by atoms with E-state index in [1.165, 1.54) is 5.00 Å². The molecule has 0 bridgehead atoms. The SMILES string of the molecule is CCNC(=NCCCN1CCOCC1)NC1CCN(c2cccs2)CC1. The molecule has 6 nitrogen and oxygen atoms in total. The Morgan fingerprint density at radius 3 is 2.77 bits per heavy atom. The first kappa shape index (κ1) is 19.5. The highest BCUT2D eigenvalue weighted by Crippen LogP contribution is 2.24. The van der Waals surface area contributed by atoms with Crippen LogP contribution in [0.2, 0.25) is 0 Å². The van der Waals surface area contributed by atoms with Crippen molar-refractivity contribution in [1.29, 1.82) is 0 Å². The average Bonchev–Trinajstić information content (AvgIpc) is 3.21. The van der Waals surface area contributed by atoms with Gasteiger partial charge < -0.3 is 20.3 Å². The minimum atomic E-state index is 0.517. The summed E-state index contributed by atoms with van der Waals surface area (Å²) in [4.78, 5) is 9.75. The van der Waals surface area contributed by atoms with E-state index in [1.807, 2.05) is 11.3 Å². The lowest BCUT2D eigenvalue weighted by atomic mass is 10.1. The molecule has 0 amide bonds. The summed E-state index contributed by atoms with van der Waals surface area (Å²) in [5.74, 6) is 0.976. The van der Waals surface area contributed by atoms with Crippen molar-refractivity contribution in [3.05, 3.63) is 17.5 Å². The lowest BCUT2D eigenvalue weighted by Crippen LogP contribution is -2.48. The molecule has 0 radical (unpaired) electrons. The quantitative estimate of drug-likeness (QED) is 0.431. The highest BCUT2D eigenvalue weighted by molar-refractivity contribution is 7.14. The second-order valence-electron chi connectivity index (χ2n) is 6.93. The summed E-state index contributed by atoms with van der Waals surface area (Å²) in [5.41, 5.74) is 0. The van der Waals surface area contributed by atoms with Crippen molar-refractivity contribution >= 4 is 22.3 Å². The van der Waals surface area contributed by atoms with Crippen LogP contribution < -0.4 is 15.5 Å². The first-order chi connectivity index (χ1) is 12.8. The van der Waals surface area contributed by atoms with Crippen molar-refractivity contribution in [2.75, 3.05) is 63.9 Å². The Bertz CT molecular complexity index is 522. The molecule has 0 saturated carbocycles. The Hall–Kier alpha value is -1.31. The number of hydrogen-bond acceptors (Lipinski definition) is 5. The fraction of sp³-hybridized carbons (Fsp3) is 0.737. The standard InChI is InChI=1S/C19H33N5OS/c1-2-20-19(21-8-4-9-23-12-14-25-15-13-23)22-17-6-10-24(11-7-17)18-5-3-16-26-18/h3,5,16-17H,2,4,6-15H2,1H3,(H2,20,21,22). The molecule has 2 fully saturated rings. The van der Waals surface area contributed by atoms with Gasteiger partial charge in [0.15, 0.2) is 5.96 Å². The lowest BCUT2D eigenvalue weighted by Gasteiger charge is -2.33. The largest absolute Gasteiger partial charge is 0.379 e. The number of ether oxygens (including phenoxy) is 1. The second kappa shape index (κ2) is 10.7. The van der Waals surface area contributed by atoms with Crippen LogP contribution in [-0.2, 0) is 4.74 Å². The molecule has 146 valence electrons. The van der Waals surface area contributed by atoms with E-state index >= 15 is 0 Å². The Labute approximate surface area is 161 Å². The fourth-order valence-corrected chi connectivity index (χ4v) is 4.30. The molecule has 0 aromatic carbocycles. The summed E-state index contributed by atoms with van der Waals surface area (Å²) in [6.07, 6.45) is 3.43. The number of thiophene rings is 1. The van der Waals surface area contributed by atoms with Crippen LogP contribution in [0.15, 0.2) is 22.5 Å². The number of anilines is 1. The maximum absolute atomic E-state index is 5.40. The molecule has 0 atom stereocenters. The van der Waals surface area contributed by atoms with Crippen molar-refractivity contribution in [2.24, 2.45) is 4.99 Å². The van der Waals surface area contributed by atoms with E-state index in [1.54, 1.807) is 0 Å². The van der Waals surface area contributed by atoms with Gasteiger partial charge in [-0.3, -0.25) is 9.89 Å².